The quantitative estimate of drug-likeness (QED) is 0.769. The van der Waals surface area contributed by atoms with Gasteiger partial charge in [-0.15, -0.1) is 0 Å². The van der Waals surface area contributed by atoms with Crippen molar-refractivity contribution in [2.75, 3.05) is 18.0 Å². The molecule has 1 aromatic carbocycles. The molecule has 1 saturated carbocycles. The third kappa shape index (κ3) is 3.28. The van der Waals surface area contributed by atoms with E-state index in [4.69, 9.17) is 0 Å². The average Bonchev–Trinajstić information content (AvgIpc) is 3.08. The van der Waals surface area contributed by atoms with E-state index in [1.165, 1.54) is 4.90 Å². The van der Waals surface area contributed by atoms with Crippen molar-refractivity contribution in [3.8, 4) is 0 Å². The van der Waals surface area contributed by atoms with E-state index < -0.39 is 35.7 Å². The fraction of sp³-hybridized carbons (Fsp3) is 0.571. The Labute approximate surface area is 168 Å². The highest BCUT2D eigenvalue weighted by Gasteiger charge is 2.56. The molecule has 1 aromatic rings. The molecule has 6 nitrogen and oxygen atoms in total. The fourth-order valence-electron chi connectivity index (χ4n) is 5.55. The van der Waals surface area contributed by atoms with Crippen LogP contribution in [0.15, 0.2) is 12.1 Å². The van der Waals surface area contributed by atoms with E-state index in [9.17, 15) is 23.2 Å². The zero-order valence-electron chi connectivity index (χ0n) is 16.8. The number of carbonyl (C=O) groups excluding carboxylic acids is 3. The van der Waals surface area contributed by atoms with E-state index in [-0.39, 0.29) is 41.5 Å². The first-order valence-corrected chi connectivity index (χ1v) is 9.94. The van der Waals surface area contributed by atoms with Crippen LogP contribution in [0.3, 0.4) is 0 Å². The van der Waals surface area contributed by atoms with E-state index in [0.29, 0.717) is 12.8 Å². The summed E-state index contributed by atoms with van der Waals surface area (Å²) >= 11 is 0. The van der Waals surface area contributed by atoms with Gasteiger partial charge in [0.25, 0.3) is 5.91 Å². The van der Waals surface area contributed by atoms with Crippen molar-refractivity contribution in [2.24, 2.45) is 11.3 Å². The van der Waals surface area contributed by atoms with Gasteiger partial charge in [0, 0.05) is 18.2 Å². The summed E-state index contributed by atoms with van der Waals surface area (Å²) in [6.45, 7) is 5.94. The molecule has 1 N–H and O–H groups in total. The lowest BCUT2D eigenvalue weighted by atomic mass is 9.64. The molecule has 4 rings (SSSR count). The highest BCUT2D eigenvalue weighted by atomic mass is 19.1. The number of anilines is 1. The third-order valence-corrected chi connectivity index (χ3v) is 6.23. The van der Waals surface area contributed by atoms with Crippen LogP contribution in [0.2, 0.25) is 0 Å². The third-order valence-electron chi connectivity index (χ3n) is 6.23. The van der Waals surface area contributed by atoms with Crippen LogP contribution in [0.4, 0.5) is 19.3 Å². The summed E-state index contributed by atoms with van der Waals surface area (Å²) in [6.07, 6.45) is 2.28. The number of nitrogens with zero attached hydrogens (tertiary/aromatic N) is 2. The Balaban J connectivity index is 1.55. The molecule has 8 heteroatoms. The van der Waals surface area contributed by atoms with Gasteiger partial charge in [-0.05, 0) is 43.1 Å². The number of rotatable bonds is 2. The van der Waals surface area contributed by atoms with E-state index in [1.54, 1.807) is 0 Å². The van der Waals surface area contributed by atoms with Crippen LogP contribution in [0, 0.1) is 23.0 Å². The minimum absolute atomic E-state index is 0.108. The van der Waals surface area contributed by atoms with Gasteiger partial charge >= 0.3 is 6.03 Å². The highest BCUT2D eigenvalue weighted by molar-refractivity contribution is 6.10. The molecular formula is C21H25F2N3O3. The van der Waals surface area contributed by atoms with Crippen LogP contribution in [0.5, 0.6) is 0 Å². The van der Waals surface area contributed by atoms with Crippen LogP contribution in [-0.2, 0) is 16.0 Å². The normalized spacial score (nSPS) is 28.1. The van der Waals surface area contributed by atoms with Gasteiger partial charge in [-0.3, -0.25) is 14.5 Å². The van der Waals surface area contributed by atoms with E-state index in [0.717, 1.165) is 23.5 Å². The summed E-state index contributed by atoms with van der Waals surface area (Å²) in [7, 11) is 0. The standard InChI is InChI=1S/C21H25F2N3O3/c1-12-8-20(2,3)11-21(9-12)18(28)26(19(29)24-21)10-17(27)25-5-4-14-15(23)6-13(22)7-16(14)25/h6-7,12H,4-5,8-11H2,1-3H3,(H,24,29). The Morgan fingerprint density at radius 2 is 1.97 bits per heavy atom. The van der Waals surface area contributed by atoms with Crippen molar-refractivity contribution in [1.29, 1.82) is 0 Å². The maximum atomic E-state index is 14.0. The van der Waals surface area contributed by atoms with Crippen molar-refractivity contribution in [3.05, 3.63) is 29.3 Å². The van der Waals surface area contributed by atoms with Gasteiger partial charge in [0.15, 0.2) is 0 Å². The molecule has 29 heavy (non-hydrogen) atoms. The summed E-state index contributed by atoms with van der Waals surface area (Å²) in [5.74, 6) is -2.12. The summed E-state index contributed by atoms with van der Waals surface area (Å²) in [6, 6.07) is 1.32. The largest absolute Gasteiger partial charge is 0.325 e. The first-order chi connectivity index (χ1) is 13.5. The Kier molecular flexibility index (Phi) is 4.44. The minimum atomic E-state index is -0.986. The number of amides is 4. The monoisotopic (exact) mass is 405 g/mol. The summed E-state index contributed by atoms with van der Waals surface area (Å²) in [5, 5.41) is 2.84. The van der Waals surface area contributed by atoms with Crippen molar-refractivity contribution >= 4 is 23.5 Å². The number of benzene rings is 1. The van der Waals surface area contributed by atoms with Crippen LogP contribution in [0.25, 0.3) is 0 Å². The van der Waals surface area contributed by atoms with Crippen molar-refractivity contribution in [1.82, 2.24) is 10.2 Å². The molecule has 3 aliphatic rings. The molecule has 156 valence electrons. The van der Waals surface area contributed by atoms with Gasteiger partial charge in [0.05, 0.1) is 5.69 Å². The van der Waals surface area contributed by atoms with Gasteiger partial charge in [0.1, 0.15) is 23.7 Å². The van der Waals surface area contributed by atoms with Gasteiger partial charge in [-0.1, -0.05) is 20.8 Å². The van der Waals surface area contributed by atoms with Crippen molar-refractivity contribution < 1.29 is 23.2 Å². The summed E-state index contributed by atoms with van der Waals surface area (Å²) < 4.78 is 27.6. The number of nitrogens with one attached hydrogen (secondary N) is 1. The second-order valence-electron chi connectivity index (χ2n) is 9.44. The molecule has 1 saturated heterocycles. The van der Waals surface area contributed by atoms with Crippen LogP contribution < -0.4 is 10.2 Å². The maximum absolute atomic E-state index is 14.0. The Morgan fingerprint density at radius 1 is 1.24 bits per heavy atom. The van der Waals surface area contributed by atoms with Crippen LogP contribution in [-0.4, -0.2) is 41.4 Å². The first kappa shape index (κ1) is 19.8. The SMILES string of the molecule is CC1CC(C)(C)CC2(C1)NC(=O)N(CC(=O)N1CCc3c(F)cc(F)cc31)C2=O. The second kappa shape index (κ2) is 6.50. The molecule has 2 atom stereocenters. The average molecular weight is 405 g/mol. The molecule has 2 fully saturated rings. The Hall–Kier alpha value is -2.51. The Bertz CT molecular complexity index is 917. The molecule has 2 aliphatic heterocycles. The highest BCUT2D eigenvalue weighted by Crippen LogP contribution is 2.46. The second-order valence-corrected chi connectivity index (χ2v) is 9.44. The van der Waals surface area contributed by atoms with Crippen LogP contribution in [0.1, 0.15) is 45.6 Å². The lowest BCUT2D eigenvalue weighted by molar-refractivity contribution is -0.137. The number of imide groups is 1. The minimum Gasteiger partial charge on any atom is -0.323 e. The number of halogens is 2. The molecule has 0 bridgehead atoms. The van der Waals surface area contributed by atoms with Crippen molar-refractivity contribution in [3.63, 3.8) is 0 Å². The van der Waals surface area contributed by atoms with Crippen molar-refractivity contribution in [2.45, 2.75) is 52.0 Å². The summed E-state index contributed by atoms with van der Waals surface area (Å²) in [5.41, 5.74) is -0.651. The molecule has 1 aliphatic carbocycles. The first-order valence-electron chi connectivity index (χ1n) is 9.94. The lowest BCUT2D eigenvalue weighted by Crippen LogP contribution is -2.54. The fourth-order valence-corrected chi connectivity index (χ4v) is 5.55. The molecular weight excluding hydrogens is 380 g/mol. The number of urea groups is 1. The zero-order chi connectivity index (χ0) is 21.1. The molecule has 4 amide bonds. The predicted molar refractivity (Wildman–Crippen MR) is 102 cm³/mol. The van der Waals surface area contributed by atoms with Gasteiger partial charge in [-0.25, -0.2) is 13.6 Å². The van der Waals surface area contributed by atoms with E-state index in [2.05, 4.69) is 26.1 Å². The number of carbonyl (C=O) groups is 3. The number of fused-ring (bicyclic) bond motifs is 1. The molecule has 0 aromatic heterocycles. The zero-order valence-corrected chi connectivity index (χ0v) is 16.8. The Morgan fingerprint density at radius 3 is 2.66 bits per heavy atom. The van der Waals surface area contributed by atoms with E-state index >= 15 is 0 Å². The maximum Gasteiger partial charge on any atom is 0.325 e. The van der Waals surface area contributed by atoms with Gasteiger partial charge in [-0.2, -0.15) is 0 Å². The molecule has 1 spiro atoms. The number of hydrogen-bond acceptors (Lipinski definition) is 3. The smallest absolute Gasteiger partial charge is 0.323 e. The van der Waals surface area contributed by atoms with Gasteiger partial charge in [0.2, 0.25) is 5.91 Å². The lowest BCUT2D eigenvalue weighted by Gasteiger charge is -2.43. The van der Waals surface area contributed by atoms with E-state index in [1.807, 2.05) is 0 Å². The molecule has 0 radical (unpaired) electrons. The topological polar surface area (TPSA) is 69.7 Å². The predicted octanol–water partition coefficient (Wildman–Crippen LogP) is 2.99. The van der Waals surface area contributed by atoms with Gasteiger partial charge < -0.3 is 10.2 Å². The molecule has 2 unspecified atom stereocenters. The molecule has 2 heterocycles. The summed E-state index contributed by atoms with van der Waals surface area (Å²) in [4.78, 5) is 40.8. The van der Waals surface area contributed by atoms with Crippen LogP contribution >= 0.6 is 0 Å². The number of hydrogen-bond donors (Lipinski definition) is 1.